The number of nitrogens with zero attached hydrogens (tertiary/aromatic N) is 2. The fourth-order valence-electron chi connectivity index (χ4n) is 1.92. The fourth-order valence-corrected chi connectivity index (χ4v) is 4.21. The summed E-state index contributed by atoms with van der Waals surface area (Å²) in [5, 5.41) is 4.75. The van der Waals surface area contributed by atoms with E-state index >= 15 is 0 Å². The average molecular weight is 277 g/mol. The molecule has 2 aromatic heterocycles. The van der Waals surface area contributed by atoms with Gasteiger partial charge in [0.15, 0.2) is 5.82 Å². The number of amides is 1. The fraction of sp³-hybridized carbons (Fsp3) is 0.250. The Balaban J connectivity index is 1.79. The first-order valence-electron chi connectivity index (χ1n) is 5.59. The second-order valence-electron chi connectivity index (χ2n) is 3.88. The molecule has 0 saturated carbocycles. The molecule has 2 aromatic rings. The van der Waals surface area contributed by atoms with E-state index in [0.717, 1.165) is 17.7 Å². The molecule has 3 rings (SSSR count). The van der Waals surface area contributed by atoms with Crippen molar-refractivity contribution in [3.63, 3.8) is 0 Å². The summed E-state index contributed by atoms with van der Waals surface area (Å²) in [6, 6.07) is 2.05. The van der Waals surface area contributed by atoms with Crippen LogP contribution in [0.5, 0.6) is 0 Å². The molecule has 92 valence electrons. The largest absolute Gasteiger partial charge is 0.308 e. The zero-order valence-corrected chi connectivity index (χ0v) is 11.1. The van der Waals surface area contributed by atoms with E-state index in [0.29, 0.717) is 5.82 Å². The smallest absolute Gasteiger partial charge is 0.243 e. The first-order valence-corrected chi connectivity index (χ1v) is 7.52. The summed E-state index contributed by atoms with van der Waals surface area (Å²) in [4.78, 5) is 21.6. The van der Waals surface area contributed by atoms with Crippen LogP contribution in [0.1, 0.15) is 15.7 Å². The third-order valence-electron chi connectivity index (χ3n) is 2.73. The number of aryl methyl sites for hydroxylation is 1. The van der Waals surface area contributed by atoms with E-state index in [1.54, 1.807) is 41.7 Å². The minimum atomic E-state index is -0.123. The molecule has 1 amide bonds. The summed E-state index contributed by atoms with van der Waals surface area (Å²) in [5.74, 6) is 1.48. The van der Waals surface area contributed by atoms with E-state index in [1.807, 2.05) is 6.07 Å². The molecule has 0 saturated heterocycles. The van der Waals surface area contributed by atoms with Gasteiger partial charge in [0.1, 0.15) is 5.25 Å². The van der Waals surface area contributed by atoms with Crippen LogP contribution in [0.4, 0.5) is 5.82 Å². The van der Waals surface area contributed by atoms with Gasteiger partial charge in [0, 0.05) is 17.3 Å². The molecule has 4 nitrogen and oxygen atoms in total. The quantitative estimate of drug-likeness (QED) is 0.916. The van der Waals surface area contributed by atoms with Gasteiger partial charge >= 0.3 is 0 Å². The van der Waals surface area contributed by atoms with Crippen LogP contribution >= 0.6 is 23.1 Å². The highest BCUT2D eigenvalue weighted by Gasteiger charge is 2.28. The Labute approximate surface area is 113 Å². The Bertz CT molecular complexity index is 555. The summed E-state index contributed by atoms with van der Waals surface area (Å²) in [5.41, 5.74) is 1.15. The SMILES string of the molecule is O=C(Nc1cnccn1)[C@H]1SCCc2sccc21. The van der Waals surface area contributed by atoms with Crippen LogP contribution in [0.3, 0.4) is 0 Å². The standard InChI is InChI=1S/C12H11N3OS2/c16-12(15-10-7-13-3-4-14-10)11-8-1-5-17-9(8)2-6-18-11/h1,3-5,7,11H,2,6H2,(H,14,15,16)/t11-/m0/s1. The Hall–Kier alpha value is -1.40. The molecular weight excluding hydrogens is 266 g/mol. The number of hydrogen-bond donors (Lipinski definition) is 1. The average Bonchev–Trinajstić information content (AvgIpc) is 2.87. The Kier molecular flexibility index (Phi) is 3.29. The summed E-state index contributed by atoms with van der Waals surface area (Å²) < 4.78 is 0. The second kappa shape index (κ2) is 5.07. The van der Waals surface area contributed by atoms with Gasteiger partial charge < -0.3 is 5.32 Å². The maximum Gasteiger partial charge on any atom is 0.243 e. The lowest BCUT2D eigenvalue weighted by atomic mass is 10.1. The van der Waals surface area contributed by atoms with Crippen molar-refractivity contribution in [2.75, 3.05) is 11.1 Å². The van der Waals surface area contributed by atoms with Crippen LogP contribution in [-0.2, 0) is 11.2 Å². The minimum Gasteiger partial charge on any atom is -0.308 e. The van der Waals surface area contributed by atoms with Crippen LogP contribution in [0.25, 0.3) is 0 Å². The molecule has 6 heteroatoms. The monoisotopic (exact) mass is 277 g/mol. The van der Waals surface area contributed by atoms with Gasteiger partial charge in [-0.1, -0.05) is 0 Å². The third kappa shape index (κ3) is 2.26. The van der Waals surface area contributed by atoms with Crippen LogP contribution in [0.2, 0.25) is 0 Å². The normalized spacial score (nSPS) is 18.1. The van der Waals surface area contributed by atoms with Gasteiger partial charge in [-0.25, -0.2) is 4.98 Å². The molecule has 0 aromatic carbocycles. The van der Waals surface area contributed by atoms with Gasteiger partial charge in [0.05, 0.1) is 6.20 Å². The third-order valence-corrected chi connectivity index (χ3v) is 4.97. The number of aromatic nitrogens is 2. The molecular formula is C12H11N3OS2. The maximum absolute atomic E-state index is 12.2. The minimum absolute atomic E-state index is 0.0140. The number of thioether (sulfide) groups is 1. The van der Waals surface area contributed by atoms with E-state index in [1.165, 1.54) is 4.88 Å². The number of carbonyl (C=O) groups is 1. The molecule has 1 aliphatic heterocycles. The van der Waals surface area contributed by atoms with Crippen molar-refractivity contribution in [3.05, 3.63) is 40.5 Å². The van der Waals surface area contributed by atoms with Gasteiger partial charge in [-0.05, 0) is 29.2 Å². The maximum atomic E-state index is 12.2. The zero-order chi connectivity index (χ0) is 12.4. The number of carbonyl (C=O) groups excluding carboxylic acids is 1. The lowest BCUT2D eigenvalue weighted by Crippen LogP contribution is -2.22. The molecule has 3 heterocycles. The zero-order valence-electron chi connectivity index (χ0n) is 9.50. The molecule has 1 atom stereocenters. The first-order chi connectivity index (χ1) is 8.84. The number of thiophene rings is 1. The summed E-state index contributed by atoms with van der Waals surface area (Å²) in [6.07, 6.45) is 5.77. The number of hydrogen-bond acceptors (Lipinski definition) is 5. The van der Waals surface area contributed by atoms with E-state index < -0.39 is 0 Å². The van der Waals surface area contributed by atoms with Crippen LogP contribution < -0.4 is 5.32 Å². The Morgan fingerprint density at radius 1 is 1.44 bits per heavy atom. The van der Waals surface area contributed by atoms with E-state index in [9.17, 15) is 4.79 Å². The topological polar surface area (TPSA) is 54.9 Å². The lowest BCUT2D eigenvalue weighted by molar-refractivity contribution is -0.115. The molecule has 1 N–H and O–H groups in total. The highest BCUT2D eigenvalue weighted by molar-refractivity contribution is 8.00. The van der Waals surface area contributed by atoms with Crippen molar-refractivity contribution in [2.45, 2.75) is 11.7 Å². The summed E-state index contributed by atoms with van der Waals surface area (Å²) >= 11 is 3.42. The molecule has 0 aliphatic carbocycles. The highest BCUT2D eigenvalue weighted by atomic mass is 32.2. The van der Waals surface area contributed by atoms with Crippen LogP contribution in [0, 0.1) is 0 Å². The van der Waals surface area contributed by atoms with Gasteiger partial charge in [-0.2, -0.15) is 0 Å². The Morgan fingerprint density at radius 3 is 3.22 bits per heavy atom. The van der Waals surface area contributed by atoms with Gasteiger partial charge in [-0.15, -0.1) is 23.1 Å². The van der Waals surface area contributed by atoms with E-state index in [4.69, 9.17) is 0 Å². The van der Waals surface area contributed by atoms with Gasteiger partial charge in [-0.3, -0.25) is 9.78 Å². The molecule has 0 fully saturated rings. The molecule has 1 aliphatic rings. The molecule has 0 unspecified atom stereocenters. The summed E-state index contributed by atoms with van der Waals surface area (Å²) in [7, 11) is 0. The molecule has 0 spiro atoms. The van der Waals surface area contributed by atoms with Crippen LogP contribution in [0.15, 0.2) is 30.0 Å². The predicted octanol–water partition coefficient (Wildman–Crippen LogP) is 2.51. The van der Waals surface area contributed by atoms with E-state index in [2.05, 4.69) is 20.7 Å². The highest BCUT2D eigenvalue weighted by Crippen LogP contribution is 2.39. The molecule has 18 heavy (non-hydrogen) atoms. The number of fused-ring (bicyclic) bond motifs is 1. The predicted molar refractivity (Wildman–Crippen MR) is 73.9 cm³/mol. The summed E-state index contributed by atoms with van der Waals surface area (Å²) in [6.45, 7) is 0. The van der Waals surface area contributed by atoms with Crippen molar-refractivity contribution in [3.8, 4) is 0 Å². The number of nitrogens with one attached hydrogen (secondary N) is 1. The van der Waals surface area contributed by atoms with Crippen molar-refractivity contribution in [1.29, 1.82) is 0 Å². The first kappa shape index (κ1) is 11.7. The number of rotatable bonds is 2. The van der Waals surface area contributed by atoms with E-state index in [-0.39, 0.29) is 11.2 Å². The van der Waals surface area contributed by atoms with Crippen molar-refractivity contribution in [2.24, 2.45) is 0 Å². The number of anilines is 1. The van der Waals surface area contributed by atoms with Crippen molar-refractivity contribution in [1.82, 2.24) is 9.97 Å². The van der Waals surface area contributed by atoms with Gasteiger partial charge in [0.25, 0.3) is 0 Å². The van der Waals surface area contributed by atoms with Gasteiger partial charge in [0.2, 0.25) is 5.91 Å². The molecule has 0 radical (unpaired) electrons. The van der Waals surface area contributed by atoms with Crippen LogP contribution in [-0.4, -0.2) is 21.6 Å². The molecule has 0 bridgehead atoms. The second-order valence-corrected chi connectivity index (χ2v) is 6.09. The Morgan fingerprint density at radius 2 is 2.39 bits per heavy atom. The van der Waals surface area contributed by atoms with Crippen molar-refractivity contribution >= 4 is 34.8 Å². The lowest BCUT2D eigenvalue weighted by Gasteiger charge is -2.21. The van der Waals surface area contributed by atoms with Crippen molar-refractivity contribution < 1.29 is 4.79 Å².